The van der Waals surface area contributed by atoms with E-state index in [0.29, 0.717) is 23.5 Å². The molecule has 27 heavy (non-hydrogen) atoms. The minimum Gasteiger partial charge on any atom is -0.508 e. The van der Waals surface area contributed by atoms with E-state index in [1.807, 2.05) is 26.0 Å². The molecular formula is C22H24N2O2S. The number of rotatable bonds is 4. The Morgan fingerprint density at radius 2 is 1.93 bits per heavy atom. The molecule has 0 bridgehead atoms. The molecule has 0 radical (unpaired) electrons. The Balaban J connectivity index is 1.91. The minimum absolute atomic E-state index is 0.0446. The van der Waals surface area contributed by atoms with Gasteiger partial charge in [0.05, 0.1) is 6.04 Å². The molecular weight excluding hydrogens is 356 g/mol. The van der Waals surface area contributed by atoms with Gasteiger partial charge in [-0.25, -0.2) is 0 Å². The first-order chi connectivity index (χ1) is 12.9. The Kier molecular flexibility index (Phi) is 5.91. The molecule has 0 aromatic heterocycles. The molecule has 2 aliphatic carbocycles. The van der Waals surface area contributed by atoms with Gasteiger partial charge >= 0.3 is 0 Å². The maximum atomic E-state index is 13.2. The standard InChI is InChI=1S/C22H24N2O2S/c1-14-7-3-4-8-16(11-14)12-19(26)20-15(2)23-22(27)24-21(20)17-9-5-6-10-18(25)13-17/h3,6-11,13,21,25H,4-5,12H2,1-2H3,(H2,23,24,27). The highest BCUT2D eigenvalue weighted by molar-refractivity contribution is 7.80. The van der Waals surface area contributed by atoms with Gasteiger partial charge in [0, 0.05) is 17.7 Å². The van der Waals surface area contributed by atoms with Gasteiger partial charge in [0.1, 0.15) is 5.76 Å². The third-order valence-electron chi connectivity index (χ3n) is 4.67. The molecule has 1 heterocycles. The summed E-state index contributed by atoms with van der Waals surface area (Å²) in [5.74, 6) is 0.216. The maximum absolute atomic E-state index is 13.2. The molecule has 0 aromatic rings. The van der Waals surface area contributed by atoms with Gasteiger partial charge in [0.2, 0.25) is 0 Å². The van der Waals surface area contributed by atoms with Crippen LogP contribution in [0.5, 0.6) is 0 Å². The van der Waals surface area contributed by atoms with E-state index in [0.717, 1.165) is 28.8 Å². The highest BCUT2D eigenvalue weighted by atomic mass is 32.1. The smallest absolute Gasteiger partial charge is 0.171 e. The Morgan fingerprint density at radius 3 is 2.74 bits per heavy atom. The molecule has 3 aliphatic rings. The maximum Gasteiger partial charge on any atom is 0.171 e. The Bertz CT molecular complexity index is 882. The number of thiocarbonyl (C=S) groups is 1. The lowest BCUT2D eigenvalue weighted by Crippen LogP contribution is -2.50. The summed E-state index contributed by atoms with van der Waals surface area (Å²) >= 11 is 5.30. The Labute approximate surface area is 165 Å². The number of carbonyl (C=O) groups excluding carboxylic acids is 1. The number of aliphatic hydroxyl groups excluding tert-OH is 1. The van der Waals surface area contributed by atoms with E-state index >= 15 is 0 Å². The van der Waals surface area contributed by atoms with Crippen LogP contribution in [-0.2, 0) is 4.79 Å². The van der Waals surface area contributed by atoms with Crippen LogP contribution in [0.4, 0.5) is 0 Å². The molecule has 1 aliphatic heterocycles. The van der Waals surface area contributed by atoms with Crippen molar-refractivity contribution in [3.05, 3.63) is 82.4 Å². The van der Waals surface area contributed by atoms with Gasteiger partial charge in [-0.05, 0) is 62.2 Å². The first kappa shape index (κ1) is 19.1. The fourth-order valence-corrected chi connectivity index (χ4v) is 3.73. The van der Waals surface area contributed by atoms with Crippen LogP contribution in [-0.4, -0.2) is 22.0 Å². The van der Waals surface area contributed by atoms with Crippen LogP contribution in [0.25, 0.3) is 0 Å². The molecule has 1 atom stereocenters. The second-order valence-corrected chi connectivity index (χ2v) is 7.30. The number of aliphatic hydroxyl groups is 1. The first-order valence-electron chi connectivity index (χ1n) is 9.06. The third kappa shape index (κ3) is 4.74. The van der Waals surface area contributed by atoms with Gasteiger partial charge in [0.25, 0.3) is 0 Å². The average Bonchev–Trinajstić information content (AvgIpc) is 2.93. The molecule has 4 nitrogen and oxygen atoms in total. The van der Waals surface area contributed by atoms with Crippen LogP contribution >= 0.6 is 12.2 Å². The second kappa shape index (κ2) is 8.35. The first-order valence-corrected chi connectivity index (χ1v) is 9.47. The monoisotopic (exact) mass is 380 g/mol. The van der Waals surface area contributed by atoms with Crippen LogP contribution in [0.1, 0.15) is 33.1 Å². The van der Waals surface area contributed by atoms with E-state index in [2.05, 4.69) is 34.9 Å². The number of nitrogens with one attached hydrogen (secondary N) is 2. The second-order valence-electron chi connectivity index (χ2n) is 6.89. The molecule has 0 spiro atoms. The predicted octanol–water partition coefficient (Wildman–Crippen LogP) is 4.23. The number of carbonyl (C=O) groups is 1. The van der Waals surface area contributed by atoms with Crippen molar-refractivity contribution >= 4 is 23.1 Å². The number of hydrogen-bond donors (Lipinski definition) is 3. The van der Waals surface area contributed by atoms with Crippen LogP contribution < -0.4 is 10.6 Å². The molecule has 0 amide bonds. The molecule has 0 saturated carbocycles. The van der Waals surface area contributed by atoms with Crippen molar-refractivity contribution in [1.82, 2.24) is 10.6 Å². The zero-order chi connectivity index (χ0) is 19.4. The lowest BCUT2D eigenvalue weighted by molar-refractivity contribution is -0.115. The topological polar surface area (TPSA) is 61.4 Å². The summed E-state index contributed by atoms with van der Waals surface area (Å²) in [7, 11) is 0. The zero-order valence-corrected chi connectivity index (χ0v) is 16.4. The van der Waals surface area contributed by atoms with Crippen molar-refractivity contribution in [2.45, 2.75) is 39.2 Å². The Hall–Kier alpha value is -2.66. The average molecular weight is 381 g/mol. The van der Waals surface area contributed by atoms with Gasteiger partial charge in [-0.1, -0.05) is 42.0 Å². The van der Waals surface area contributed by atoms with Crippen molar-refractivity contribution in [3.63, 3.8) is 0 Å². The summed E-state index contributed by atoms with van der Waals surface area (Å²) in [4.78, 5) is 13.2. The highest BCUT2D eigenvalue weighted by Gasteiger charge is 2.30. The number of Topliss-reactive ketones (excluding diaryl/α,β-unsaturated/α-hetero) is 1. The van der Waals surface area contributed by atoms with E-state index in [4.69, 9.17) is 12.2 Å². The van der Waals surface area contributed by atoms with Gasteiger partial charge in [0.15, 0.2) is 10.9 Å². The van der Waals surface area contributed by atoms with Crippen molar-refractivity contribution < 1.29 is 9.90 Å². The fraction of sp³-hybridized carbons (Fsp3) is 0.273. The molecule has 0 aromatic carbocycles. The largest absolute Gasteiger partial charge is 0.508 e. The fourth-order valence-electron chi connectivity index (χ4n) is 3.46. The van der Waals surface area contributed by atoms with Crippen molar-refractivity contribution in [1.29, 1.82) is 0 Å². The predicted molar refractivity (Wildman–Crippen MR) is 113 cm³/mol. The SMILES string of the molecule is CC1=CC(CC(=O)C2=C(C)NC(=S)NC2C2=CCC=CC(O)=C2)=CCC=C1. The molecule has 5 heteroatoms. The number of allylic oxidation sites excluding steroid dienone is 10. The summed E-state index contributed by atoms with van der Waals surface area (Å²) in [5.41, 5.74) is 4.41. The lowest BCUT2D eigenvalue weighted by Gasteiger charge is -2.31. The Morgan fingerprint density at radius 1 is 1.19 bits per heavy atom. The normalized spacial score (nSPS) is 22.6. The number of hydrogen-bond acceptors (Lipinski definition) is 3. The number of ketones is 1. The highest BCUT2D eigenvalue weighted by Crippen LogP contribution is 2.26. The molecule has 140 valence electrons. The molecule has 3 N–H and O–H groups in total. The lowest BCUT2D eigenvalue weighted by atomic mass is 9.89. The van der Waals surface area contributed by atoms with Crippen LogP contribution in [0, 0.1) is 0 Å². The molecule has 0 fully saturated rings. The molecule has 0 saturated heterocycles. The van der Waals surface area contributed by atoms with E-state index in [1.54, 1.807) is 12.2 Å². The summed E-state index contributed by atoms with van der Waals surface area (Å²) in [6.07, 6.45) is 17.4. The third-order valence-corrected chi connectivity index (χ3v) is 4.89. The summed E-state index contributed by atoms with van der Waals surface area (Å²) in [6, 6.07) is -0.372. The van der Waals surface area contributed by atoms with E-state index in [9.17, 15) is 9.90 Å². The summed E-state index contributed by atoms with van der Waals surface area (Å²) in [6.45, 7) is 3.91. The van der Waals surface area contributed by atoms with Gasteiger partial charge in [-0.3, -0.25) is 4.79 Å². The van der Waals surface area contributed by atoms with Crippen LogP contribution in [0.15, 0.2) is 82.4 Å². The minimum atomic E-state index is -0.372. The van der Waals surface area contributed by atoms with E-state index in [-0.39, 0.29) is 17.6 Å². The van der Waals surface area contributed by atoms with E-state index in [1.165, 1.54) is 0 Å². The zero-order valence-electron chi connectivity index (χ0n) is 15.6. The van der Waals surface area contributed by atoms with Crippen molar-refractivity contribution in [2.24, 2.45) is 0 Å². The van der Waals surface area contributed by atoms with E-state index < -0.39 is 0 Å². The summed E-state index contributed by atoms with van der Waals surface area (Å²) < 4.78 is 0. The van der Waals surface area contributed by atoms with Gasteiger partial charge < -0.3 is 15.7 Å². The van der Waals surface area contributed by atoms with Crippen molar-refractivity contribution in [3.8, 4) is 0 Å². The van der Waals surface area contributed by atoms with Crippen molar-refractivity contribution in [2.75, 3.05) is 0 Å². The molecule has 3 rings (SSSR count). The van der Waals surface area contributed by atoms with Gasteiger partial charge in [-0.2, -0.15) is 0 Å². The molecule has 1 unspecified atom stereocenters. The summed E-state index contributed by atoms with van der Waals surface area (Å²) in [5, 5.41) is 16.7. The quantitative estimate of drug-likeness (QED) is 0.637. The van der Waals surface area contributed by atoms with Crippen LogP contribution in [0.3, 0.4) is 0 Å². The van der Waals surface area contributed by atoms with Crippen LogP contribution in [0.2, 0.25) is 0 Å². The van der Waals surface area contributed by atoms with Gasteiger partial charge in [-0.15, -0.1) is 0 Å².